The van der Waals surface area contributed by atoms with E-state index in [0.29, 0.717) is 6.54 Å². The number of benzene rings is 1. The van der Waals surface area contributed by atoms with Crippen LogP contribution in [0.1, 0.15) is 36.2 Å². The van der Waals surface area contributed by atoms with Crippen molar-refractivity contribution >= 4 is 5.91 Å². The average molecular weight is 236 g/mol. The van der Waals surface area contributed by atoms with Crippen molar-refractivity contribution in [3.63, 3.8) is 0 Å². The molecule has 0 aliphatic rings. The summed E-state index contributed by atoms with van der Waals surface area (Å²) in [7, 11) is 0. The Morgan fingerprint density at radius 3 is 2.71 bits per heavy atom. The molecule has 0 aliphatic heterocycles. The Kier molecular flexibility index (Phi) is 4.12. The van der Waals surface area contributed by atoms with Crippen LogP contribution in [0, 0.1) is 6.92 Å². The Labute approximate surface area is 102 Å². The first-order valence-corrected chi connectivity index (χ1v) is 5.74. The van der Waals surface area contributed by atoms with Gasteiger partial charge in [-0.25, -0.2) is 0 Å². The highest BCUT2D eigenvalue weighted by molar-refractivity contribution is 5.97. The molecule has 1 aromatic carbocycles. The number of amides is 1. The number of hydrogen-bond donors (Lipinski definition) is 3. The largest absolute Gasteiger partial charge is 0.507 e. The summed E-state index contributed by atoms with van der Waals surface area (Å²) in [4.78, 5) is 12.0. The molecule has 94 valence electrons. The molecule has 1 amide bonds. The molecule has 0 fully saturated rings. The van der Waals surface area contributed by atoms with Crippen LogP contribution >= 0.6 is 0 Å². The number of aromatic hydroxyl groups is 1. The summed E-state index contributed by atoms with van der Waals surface area (Å²) < 4.78 is 0. The minimum atomic E-state index is -0.437. The van der Waals surface area contributed by atoms with Gasteiger partial charge >= 0.3 is 0 Å². The molecule has 4 heteroatoms. The second kappa shape index (κ2) is 5.19. The number of carbonyl (C=O) groups is 1. The van der Waals surface area contributed by atoms with E-state index in [1.165, 1.54) is 6.07 Å². The molecule has 1 rings (SSSR count). The zero-order valence-electron chi connectivity index (χ0n) is 10.6. The summed E-state index contributed by atoms with van der Waals surface area (Å²) in [6.45, 7) is 6.08. The molecular formula is C13H20N2O2. The lowest BCUT2D eigenvalue weighted by molar-refractivity contribution is 0.0904. The number of carbonyl (C=O) groups excluding carboxylic acids is 1. The predicted molar refractivity (Wildman–Crippen MR) is 68.1 cm³/mol. The lowest BCUT2D eigenvalue weighted by Gasteiger charge is -2.28. The fourth-order valence-electron chi connectivity index (χ4n) is 1.46. The summed E-state index contributed by atoms with van der Waals surface area (Å²) >= 11 is 0. The minimum absolute atomic E-state index is 0.0106. The second-order valence-electron chi connectivity index (χ2n) is 4.59. The standard InChI is InChI=1S/C13H20N2O2/c1-4-13(3,8-14)15-12(17)10-7-9(2)5-6-11(10)16/h5-7,16H,4,8,14H2,1-3H3,(H,15,17). The molecule has 0 spiro atoms. The van der Waals surface area contributed by atoms with Crippen LogP contribution < -0.4 is 11.1 Å². The summed E-state index contributed by atoms with van der Waals surface area (Å²) in [5.41, 5.74) is 6.42. The highest BCUT2D eigenvalue weighted by Gasteiger charge is 2.24. The third-order valence-electron chi connectivity index (χ3n) is 3.04. The van der Waals surface area contributed by atoms with E-state index < -0.39 is 5.54 Å². The van der Waals surface area contributed by atoms with Crippen LogP contribution in [-0.2, 0) is 0 Å². The number of nitrogens with two attached hydrogens (primary N) is 1. The highest BCUT2D eigenvalue weighted by atomic mass is 16.3. The van der Waals surface area contributed by atoms with Gasteiger partial charge in [-0.05, 0) is 32.4 Å². The van der Waals surface area contributed by atoms with Crippen molar-refractivity contribution in [3.8, 4) is 5.75 Å². The van der Waals surface area contributed by atoms with Crippen molar-refractivity contribution in [3.05, 3.63) is 29.3 Å². The van der Waals surface area contributed by atoms with Gasteiger partial charge in [-0.1, -0.05) is 18.6 Å². The fraction of sp³-hybridized carbons (Fsp3) is 0.462. The number of phenolic OH excluding ortho intramolecular Hbond substituents is 1. The van der Waals surface area contributed by atoms with Gasteiger partial charge in [-0.15, -0.1) is 0 Å². The molecule has 1 aromatic rings. The molecule has 17 heavy (non-hydrogen) atoms. The third-order valence-corrected chi connectivity index (χ3v) is 3.04. The molecule has 0 saturated carbocycles. The van der Waals surface area contributed by atoms with Crippen LogP contribution in [0.4, 0.5) is 0 Å². The van der Waals surface area contributed by atoms with Crippen molar-refractivity contribution in [2.75, 3.05) is 6.54 Å². The van der Waals surface area contributed by atoms with Crippen molar-refractivity contribution in [1.82, 2.24) is 5.32 Å². The van der Waals surface area contributed by atoms with Crippen molar-refractivity contribution in [1.29, 1.82) is 0 Å². The van der Waals surface area contributed by atoms with E-state index in [1.807, 2.05) is 20.8 Å². The van der Waals surface area contributed by atoms with Gasteiger partial charge in [0.1, 0.15) is 5.75 Å². The first kappa shape index (κ1) is 13.5. The van der Waals surface area contributed by atoms with Gasteiger partial charge in [0, 0.05) is 12.1 Å². The van der Waals surface area contributed by atoms with Crippen molar-refractivity contribution in [2.45, 2.75) is 32.7 Å². The molecule has 0 aromatic heterocycles. The van der Waals surface area contributed by atoms with Crippen molar-refractivity contribution in [2.24, 2.45) is 5.73 Å². The number of aryl methyl sites for hydroxylation is 1. The third kappa shape index (κ3) is 3.20. The Balaban J connectivity index is 2.94. The molecule has 0 bridgehead atoms. The fourth-order valence-corrected chi connectivity index (χ4v) is 1.46. The maximum Gasteiger partial charge on any atom is 0.255 e. The SMILES string of the molecule is CCC(C)(CN)NC(=O)c1cc(C)ccc1O. The smallest absolute Gasteiger partial charge is 0.255 e. The van der Waals surface area contributed by atoms with Gasteiger partial charge in [0.25, 0.3) is 5.91 Å². The normalized spacial score (nSPS) is 14.1. The topological polar surface area (TPSA) is 75.3 Å². The Hall–Kier alpha value is -1.55. The van der Waals surface area contributed by atoms with Gasteiger partial charge in [0.15, 0.2) is 0 Å². The van der Waals surface area contributed by atoms with E-state index in [1.54, 1.807) is 12.1 Å². The molecular weight excluding hydrogens is 216 g/mol. The van der Waals surface area contributed by atoms with Crippen LogP contribution in [0.2, 0.25) is 0 Å². The number of nitrogens with one attached hydrogen (secondary N) is 1. The second-order valence-corrected chi connectivity index (χ2v) is 4.59. The first-order chi connectivity index (χ1) is 7.91. The van der Waals surface area contributed by atoms with E-state index in [2.05, 4.69) is 5.32 Å². The van der Waals surface area contributed by atoms with E-state index in [-0.39, 0.29) is 17.2 Å². The number of hydrogen-bond acceptors (Lipinski definition) is 3. The molecule has 0 aliphatic carbocycles. The summed E-state index contributed by atoms with van der Waals surface area (Å²) in [6, 6.07) is 4.95. The summed E-state index contributed by atoms with van der Waals surface area (Å²) in [6.07, 6.45) is 0.738. The molecule has 1 atom stereocenters. The zero-order chi connectivity index (χ0) is 13.1. The Bertz CT molecular complexity index is 412. The maximum atomic E-state index is 12.0. The predicted octanol–water partition coefficient (Wildman–Crippen LogP) is 1.56. The van der Waals surface area contributed by atoms with Gasteiger partial charge in [0.2, 0.25) is 0 Å². The maximum absolute atomic E-state index is 12.0. The number of phenols is 1. The van der Waals surface area contributed by atoms with E-state index in [9.17, 15) is 9.90 Å². The van der Waals surface area contributed by atoms with Gasteiger partial charge in [-0.2, -0.15) is 0 Å². The first-order valence-electron chi connectivity index (χ1n) is 5.74. The molecule has 0 radical (unpaired) electrons. The molecule has 4 nitrogen and oxygen atoms in total. The Morgan fingerprint density at radius 1 is 1.53 bits per heavy atom. The molecule has 4 N–H and O–H groups in total. The van der Waals surface area contributed by atoms with Crippen LogP contribution in [-0.4, -0.2) is 23.1 Å². The molecule has 0 heterocycles. The lowest BCUT2D eigenvalue weighted by Crippen LogP contribution is -2.50. The van der Waals surface area contributed by atoms with Crippen molar-refractivity contribution < 1.29 is 9.90 Å². The van der Waals surface area contributed by atoms with Gasteiger partial charge in [0.05, 0.1) is 5.56 Å². The Morgan fingerprint density at radius 2 is 2.18 bits per heavy atom. The summed E-state index contributed by atoms with van der Waals surface area (Å²) in [5, 5.41) is 12.5. The van der Waals surface area contributed by atoms with Crippen LogP contribution in [0.5, 0.6) is 5.75 Å². The summed E-state index contributed by atoms with van der Waals surface area (Å²) in [5.74, 6) is -0.301. The van der Waals surface area contributed by atoms with E-state index in [4.69, 9.17) is 5.73 Å². The van der Waals surface area contributed by atoms with Crippen LogP contribution in [0.3, 0.4) is 0 Å². The quantitative estimate of drug-likeness (QED) is 0.742. The monoisotopic (exact) mass is 236 g/mol. The van der Waals surface area contributed by atoms with Gasteiger partial charge in [-0.3, -0.25) is 4.79 Å². The van der Waals surface area contributed by atoms with E-state index in [0.717, 1.165) is 12.0 Å². The molecule has 1 unspecified atom stereocenters. The zero-order valence-corrected chi connectivity index (χ0v) is 10.6. The van der Waals surface area contributed by atoms with Gasteiger partial charge < -0.3 is 16.2 Å². The number of rotatable bonds is 4. The van der Waals surface area contributed by atoms with Crippen LogP contribution in [0.25, 0.3) is 0 Å². The lowest BCUT2D eigenvalue weighted by atomic mass is 9.98. The molecule has 0 saturated heterocycles. The average Bonchev–Trinajstić information content (AvgIpc) is 2.32. The minimum Gasteiger partial charge on any atom is -0.507 e. The van der Waals surface area contributed by atoms with Crippen LogP contribution in [0.15, 0.2) is 18.2 Å². The van der Waals surface area contributed by atoms with E-state index >= 15 is 0 Å². The highest BCUT2D eigenvalue weighted by Crippen LogP contribution is 2.19.